The first kappa shape index (κ1) is 26.0. The summed E-state index contributed by atoms with van der Waals surface area (Å²) in [5.74, 6) is 0.680. The average molecular weight is 524 g/mol. The largest absolute Gasteiger partial charge is 0.503 e. The van der Waals surface area contributed by atoms with Crippen LogP contribution >= 0.6 is 11.3 Å². The third kappa shape index (κ3) is 6.00. The molecule has 0 radical (unpaired) electrons. The van der Waals surface area contributed by atoms with Crippen molar-refractivity contribution < 1.29 is 33.0 Å². The third-order valence-corrected chi connectivity index (χ3v) is 7.85. The fourth-order valence-corrected chi connectivity index (χ4v) is 5.97. The second-order valence-electron chi connectivity index (χ2n) is 9.26. The molecule has 3 aromatic heterocycles. The Morgan fingerprint density at radius 2 is 1.89 bits per heavy atom. The number of carbonyl (C=O) groups excluding carboxylic acids is 1. The monoisotopic (exact) mass is 523 g/mol. The van der Waals surface area contributed by atoms with Gasteiger partial charge in [0.2, 0.25) is 5.91 Å². The maximum atomic E-state index is 13.1. The maximum absolute atomic E-state index is 13.1. The van der Waals surface area contributed by atoms with Gasteiger partial charge in [-0.3, -0.25) is 4.79 Å². The topological polar surface area (TPSA) is 95.7 Å². The van der Waals surface area contributed by atoms with Gasteiger partial charge in [0.05, 0.1) is 13.1 Å². The van der Waals surface area contributed by atoms with Gasteiger partial charge in [0.25, 0.3) is 0 Å². The van der Waals surface area contributed by atoms with E-state index in [0.717, 1.165) is 47.3 Å². The van der Waals surface area contributed by atoms with Gasteiger partial charge in [0.15, 0.2) is 0 Å². The molecule has 2 aliphatic rings. The van der Waals surface area contributed by atoms with Crippen molar-refractivity contribution >= 4 is 34.4 Å². The summed E-state index contributed by atoms with van der Waals surface area (Å²) in [6.45, 7) is 1.50. The van der Waals surface area contributed by atoms with Crippen LogP contribution in [0, 0.1) is 5.92 Å². The minimum Gasteiger partial charge on any atom is -0.450 e. The zero-order valence-electron chi connectivity index (χ0n) is 19.6. The van der Waals surface area contributed by atoms with Crippen molar-refractivity contribution in [3.8, 4) is 0 Å². The molecule has 1 aliphatic heterocycles. The number of hydrogen-bond donors (Lipinski definition) is 2. The molecule has 3 aromatic rings. The minimum atomic E-state index is -4.33. The number of hydrogen-bond acceptors (Lipinski definition) is 4. The molecule has 0 spiro atoms. The van der Waals surface area contributed by atoms with Gasteiger partial charge in [-0.2, -0.15) is 13.2 Å². The zero-order chi connectivity index (χ0) is 25.9. The molecule has 36 heavy (non-hydrogen) atoms. The summed E-state index contributed by atoms with van der Waals surface area (Å²) < 4.78 is 41.3. The van der Waals surface area contributed by atoms with Crippen molar-refractivity contribution in [3.63, 3.8) is 0 Å². The van der Waals surface area contributed by atoms with Gasteiger partial charge in [0, 0.05) is 30.2 Å². The molecule has 11 heteroatoms. The molecule has 7 nitrogen and oxygen atoms in total. The number of amides is 1. The SMILES string of the molecule is O=C(CC1CCCCC1)N1CCc2c(n(Cc3csc(C(F)(F)F)c3)c3ncccc23)C1.O=C(O)O. The molecule has 1 fully saturated rings. The van der Waals surface area contributed by atoms with E-state index in [-0.39, 0.29) is 5.91 Å². The average Bonchev–Trinajstić information content (AvgIpc) is 3.43. The molecular formula is C25H28F3N3O4S. The highest BCUT2D eigenvalue weighted by atomic mass is 32.1. The van der Waals surface area contributed by atoms with Gasteiger partial charge >= 0.3 is 12.3 Å². The van der Waals surface area contributed by atoms with Gasteiger partial charge in [-0.15, -0.1) is 11.3 Å². The first-order valence-electron chi connectivity index (χ1n) is 11.9. The molecule has 2 N–H and O–H groups in total. The van der Waals surface area contributed by atoms with Crippen molar-refractivity contribution in [3.05, 3.63) is 51.5 Å². The summed E-state index contributed by atoms with van der Waals surface area (Å²) in [5, 5.41) is 16.5. The quantitative estimate of drug-likeness (QED) is 0.422. The normalized spacial score (nSPS) is 16.4. The smallest absolute Gasteiger partial charge is 0.450 e. The first-order valence-corrected chi connectivity index (χ1v) is 12.8. The molecule has 5 rings (SSSR count). The number of fused-ring (bicyclic) bond motifs is 3. The van der Waals surface area contributed by atoms with E-state index in [0.29, 0.717) is 37.5 Å². The maximum Gasteiger partial charge on any atom is 0.503 e. The van der Waals surface area contributed by atoms with Gasteiger partial charge in [-0.05, 0) is 59.9 Å². The lowest BCUT2D eigenvalue weighted by atomic mass is 9.86. The minimum absolute atomic E-state index is 0.196. The lowest BCUT2D eigenvalue weighted by molar-refractivity contribution is -0.134. The van der Waals surface area contributed by atoms with Crippen molar-refractivity contribution in [2.24, 2.45) is 5.92 Å². The number of carbonyl (C=O) groups is 2. The second kappa shape index (κ2) is 10.9. The van der Waals surface area contributed by atoms with E-state index >= 15 is 0 Å². The Morgan fingerprint density at radius 3 is 2.56 bits per heavy atom. The number of thiophene rings is 1. The van der Waals surface area contributed by atoms with E-state index in [1.807, 2.05) is 21.6 Å². The number of halogens is 3. The van der Waals surface area contributed by atoms with E-state index in [9.17, 15) is 18.0 Å². The summed E-state index contributed by atoms with van der Waals surface area (Å²) in [6, 6.07) is 5.13. The highest BCUT2D eigenvalue weighted by Gasteiger charge is 2.33. The third-order valence-electron chi connectivity index (χ3n) is 6.83. The fourth-order valence-electron chi connectivity index (χ4n) is 5.20. The number of pyridine rings is 1. The van der Waals surface area contributed by atoms with Crippen LogP contribution < -0.4 is 0 Å². The van der Waals surface area contributed by atoms with Crippen molar-refractivity contribution in [2.45, 2.75) is 64.2 Å². The van der Waals surface area contributed by atoms with Crippen LogP contribution in [-0.4, -0.2) is 43.3 Å². The number of nitrogens with zero attached hydrogens (tertiary/aromatic N) is 3. The van der Waals surface area contributed by atoms with Crippen LogP contribution in [0.1, 0.15) is 60.2 Å². The molecule has 1 aliphatic carbocycles. The molecule has 0 unspecified atom stereocenters. The Kier molecular flexibility index (Phi) is 7.87. The van der Waals surface area contributed by atoms with Crippen LogP contribution in [0.3, 0.4) is 0 Å². The summed E-state index contributed by atoms with van der Waals surface area (Å²) in [7, 11) is 0. The summed E-state index contributed by atoms with van der Waals surface area (Å²) >= 11 is 0.723. The molecule has 4 heterocycles. The van der Waals surface area contributed by atoms with Gasteiger partial charge in [-0.1, -0.05) is 19.3 Å². The zero-order valence-corrected chi connectivity index (χ0v) is 20.4. The number of aromatic nitrogens is 2. The van der Waals surface area contributed by atoms with Gasteiger partial charge in [0.1, 0.15) is 10.5 Å². The van der Waals surface area contributed by atoms with Gasteiger partial charge in [-0.25, -0.2) is 9.78 Å². The first-order chi connectivity index (χ1) is 17.1. The Labute approximate surface area is 210 Å². The number of carboxylic acid groups (broad SMARTS) is 2. The van der Waals surface area contributed by atoms with E-state index < -0.39 is 17.2 Å². The highest BCUT2D eigenvalue weighted by molar-refractivity contribution is 7.10. The van der Waals surface area contributed by atoms with Crippen LogP contribution in [0.2, 0.25) is 0 Å². The van der Waals surface area contributed by atoms with Crippen molar-refractivity contribution in [1.29, 1.82) is 0 Å². The van der Waals surface area contributed by atoms with E-state index in [4.69, 9.17) is 15.0 Å². The van der Waals surface area contributed by atoms with Crippen LogP contribution in [0.5, 0.6) is 0 Å². The van der Waals surface area contributed by atoms with E-state index in [2.05, 4.69) is 4.98 Å². The Balaban J connectivity index is 0.000000709. The summed E-state index contributed by atoms with van der Waals surface area (Å²) in [4.78, 5) is 27.5. The van der Waals surface area contributed by atoms with Gasteiger partial charge < -0.3 is 19.7 Å². The number of alkyl halides is 3. The fraction of sp³-hybridized carbons (Fsp3) is 0.480. The molecule has 0 aromatic carbocycles. The van der Waals surface area contributed by atoms with Crippen LogP contribution in [0.25, 0.3) is 11.0 Å². The van der Waals surface area contributed by atoms with Crippen LogP contribution in [0.15, 0.2) is 29.8 Å². The molecule has 0 atom stereocenters. The van der Waals surface area contributed by atoms with Crippen LogP contribution in [0.4, 0.5) is 18.0 Å². The Morgan fingerprint density at radius 1 is 1.17 bits per heavy atom. The molecule has 1 saturated carbocycles. The predicted molar refractivity (Wildman–Crippen MR) is 129 cm³/mol. The lowest BCUT2D eigenvalue weighted by Crippen LogP contribution is -2.37. The van der Waals surface area contributed by atoms with Crippen LogP contribution in [-0.2, 0) is 30.5 Å². The molecule has 194 valence electrons. The Bertz CT molecular complexity index is 1230. The van der Waals surface area contributed by atoms with Crippen molar-refractivity contribution in [1.82, 2.24) is 14.5 Å². The molecule has 0 bridgehead atoms. The second-order valence-corrected chi connectivity index (χ2v) is 10.2. The van der Waals surface area contributed by atoms with E-state index in [1.165, 1.54) is 30.9 Å². The molecular weight excluding hydrogens is 495 g/mol. The highest BCUT2D eigenvalue weighted by Crippen LogP contribution is 2.36. The molecule has 1 amide bonds. The van der Waals surface area contributed by atoms with E-state index in [1.54, 1.807) is 11.6 Å². The lowest BCUT2D eigenvalue weighted by Gasteiger charge is -2.30. The van der Waals surface area contributed by atoms with Crippen molar-refractivity contribution in [2.75, 3.05) is 6.54 Å². The molecule has 0 saturated heterocycles. The summed E-state index contributed by atoms with van der Waals surface area (Å²) in [5.41, 5.74) is 3.56. The standard InChI is InChI=1S/C24H26F3N3OS.CH2O3/c25-24(26,27)21-11-17(15-32-21)13-30-20-14-29(22(31)12-16-5-2-1-3-6-16)10-8-18(20)19-7-4-9-28-23(19)30;2-1(3)4/h4,7,9,11,15-16H,1-3,5-6,8,10,12-14H2;(H2,2,3,4). The number of rotatable bonds is 4. The summed E-state index contributed by atoms with van der Waals surface area (Å²) in [6.07, 6.45) is 2.86. The Hall–Kier alpha value is -3.08. The predicted octanol–water partition coefficient (Wildman–Crippen LogP) is 6.24.